The highest BCUT2D eigenvalue weighted by Crippen LogP contribution is 2.24. The SMILES string of the molecule is Cc1oc2nc1C(=O)N[C@H](C)C(=O)NCCCC[C@H](NC(=O)C(C)(C)C)C(=O)N[C@H]2C(C)C. The Balaban J connectivity index is 2.38. The molecule has 0 aromatic carbocycles. The number of rotatable bonds is 2. The number of fused-ring (bicyclic) bond motifs is 2. The summed E-state index contributed by atoms with van der Waals surface area (Å²) in [7, 11) is 0. The Labute approximate surface area is 195 Å². The van der Waals surface area contributed by atoms with Gasteiger partial charge in [-0.1, -0.05) is 34.6 Å². The van der Waals surface area contributed by atoms with Crippen LogP contribution in [0.3, 0.4) is 0 Å². The summed E-state index contributed by atoms with van der Waals surface area (Å²) in [6.45, 7) is 12.7. The van der Waals surface area contributed by atoms with Crippen LogP contribution in [-0.4, -0.2) is 47.2 Å². The topological polar surface area (TPSA) is 142 Å². The highest BCUT2D eigenvalue weighted by Gasteiger charge is 2.32. The number of nitrogens with zero attached hydrogens (tertiary/aromatic N) is 1. The van der Waals surface area contributed by atoms with Crippen LogP contribution in [0.4, 0.5) is 0 Å². The zero-order chi connectivity index (χ0) is 24.9. The molecule has 1 aliphatic heterocycles. The number of aryl methyl sites for hydroxylation is 1. The van der Waals surface area contributed by atoms with E-state index < -0.39 is 29.4 Å². The second kappa shape index (κ2) is 10.8. The third-order valence-corrected chi connectivity index (χ3v) is 5.52. The van der Waals surface area contributed by atoms with Crippen LogP contribution in [0.5, 0.6) is 0 Å². The molecule has 0 fully saturated rings. The third kappa shape index (κ3) is 7.03. The Kier molecular flexibility index (Phi) is 8.63. The minimum Gasteiger partial charge on any atom is -0.443 e. The van der Waals surface area contributed by atoms with E-state index >= 15 is 0 Å². The van der Waals surface area contributed by atoms with Crippen molar-refractivity contribution in [2.75, 3.05) is 6.54 Å². The van der Waals surface area contributed by atoms with E-state index in [1.165, 1.54) is 0 Å². The molecule has 2 rings (SSSR count). The molecular weight excluding hydrogens is 426 g/mol. The van der Waals surface area contributed by atoms with Crippen LogP contribution in [0.25, 0.3) is 0 Å². The average Bonchev–Trinajstić information content (AvgIpc) is 3.09. The molecule has 33 heavy (non-hydrogen) atoms. The summed E-state index contributed by atoms with van der Waals surface area (Å²) in [6, 6.07) is -2.09. The number of carbonyl (C=O) groups is 4. The van der Waals surface area contributed by atoms with Crippen molar-refractivity contribution in [3.63, 3.8) is 0 Å². The Bertz CT molecular complexity index is 886. The quantitative estimate of drug-likeness (QED) is 0.526. The minimum atomic E-state index is -0.751. The summed E-state index contributed by atoms with van der Waals surface area (Å²) in [5, 5.41) is 11.2. The largest absolute Gasteiger partial charge is 0.443 e. The highest BCUT2D eigenvalue weighted by molar-refractivity contribution is 5.96. The fourth-order valence-corrected chi connectivity index (χ4v) is 3.34. The van der Waals surface area contributed by atoms with Gasteiger partial charge in [-0.2, -0.15) is 0 Å². The highest BCUT2D eigenvalue weighted by atomic mass is 16.4. The summed E-state index contributed by atoms with van der Waals surface area (Å²) >= 11 is 0. The molecule has 184 valence electrons. The van der Waals surface area contributed by atoms with E-state index in [4.69, 9.17) is 4.42 Å². The number of oxazole rings is 1. The monoisotopic (exact) mass is 463 g/mol. The van der Waals surface area contributed by atoms with Crippen molar-refractivity contribution in [3.05, 3.63) is 17.3 Å². The Morgan fingerprint density at radius 1 is 1.12 bits per heavy atom. The van der Waals surface area contributed by atoms with Crippen LogP contribution in [-0.2, 0) is 14.4 Å². The number of aromatic nitrogens is 1. The maximum atomic E-state index is 13.2. The number of carbonyl (C=O) groups excluding carboxylic acids is 4. The lowest BCUT2D eigenvalue weighted by atomic mass is 9.94. The van der Waals surface area contributed by atoms with Crippen LogP contribution < -0.4 is 21.3 Å². The first-order valence-corrected chi connectivity index (χ1v) is 11.5. The van der Waals surface area contributed by atoms with Gasteiger partial charge in [-0.25, -0.2) is 4.98 Å². The predicted molar refractivity (Wildman–Crippen MR) is 122 cm³/mol. The molecule has 4 amide bonds. The second-order valence-corrected chi connectivity index (χ2v) is 9.95. The number of hydrogen-bond donors (Lipinski definition) is 4. The Morgan fingerprint density at radius 2 is 1.79 bits per heavy atom. The summed E-state index contributed by atoms with van der Waals surface area (Å²) in [4.78, 5) is 55.1. The van der Waals surface area contributed by atoms with Crippen molar-refractivity contribution in [1.29, 1.82) is 0 Å². The van der Waals surface area contributed by atoms with Gasteiger partial charge in [-0.3, -0.25) is 19.2 Å². The standard InChI is InChI=1S/C23H37N5O5/c1-12(2)16-21-28-17(14(4)33-21)20(31)25-13(3)18(29)24-11-9-8-10-15(19(30)27-16)26-22(32)23(5,6)7/h12-13,15-16H,8-11H2,1-7H3,(H,24,29)(H,25,31)(H,26,32)(H,27,30)/t13-,15+,16+/m1/s1. The van der Waals surface area contributed by atoms with Gasteiger partial charge in [-0.05, 0) is 39.0 Å². The molecule has 10 nitrogen and oxygen atoms in total. The predicted octanol–water partition coefficient (Wildman–Crippen LogP) is 1.75. The first-order chi connectivity index (χ1) is 15.3. The van der Waals surface area contributed by atoms with Gasteiger partial charge in [0.1, 0.15) is 23.9 Å². The van der Waals surface area contributed by atoms with Gasteiger partial charge in [0.2, 0.25) is 23.6 Å². The molecule has 2 bridgehead atoms. The summed E-state index contributed by atoms with van der Waals surface area (Å²) < 4.78 is 5.74. The second-order valence-electron chi connectivity index (χ2n) is 9.95. The normalized spacial score (nSPS) is 23.5. The fourth-order valence-electron chi connectivity index (χ4n) is 3.34. The van der Waals surface area contributed by atoms with Crippen molar-refractivity contribution in [2.24, 2.45) is 11.3 Å². The fraction of sp³-hybridized carbons (Fsp3) is 0.696. The smallest absolute Gasteiger partial charge is 0.274 e. The molecule has 1 aromatic rings. The maximum absolute atomic E-state index is 13.2. The molecule has 0 radical (unpaired) electrons. The number of amides is 4. The molecule has 2 heterocycles. The maximum Gasteiger partial charge on any atom is 0.274 e. The number of nitrogens with one attached hydrogen (secondary N) is 4. The van der Waals surface area contributed by atoms with Crippen molar-refractivity contribution >= 4 is 23.6 Å². The third-order valence-electron chi connectivity index (χ3n) is 5.52. The van der Waals surface area contributed by atoms with E-state index in [0.717, 1.165) is 0 Å². The lowest BCUT2D eigenvalue weighted by Crippen LogP contribution is -2.51. The lowest BCUT2D eigenvalue weighted by molar-refractivity contribution is -0.134. The van der Waals surface area contributed by atoms with Gasteiger partial charge in [0, 0.05) is 12.0 Å². The molecule has 0 spiro atoms. The molecule has 1 aromatic heterocycles. The van der Waals surface area contributed by atoms with Crippen molar-refractivity contribution in [2.45, 2.75) is 85.9 Å². The van der Waals surface area contributed by atoms with E-state index in [0.29, 0.717) is 25.8 Å². The van der Waals surface area contributed by atoms with E-state index in [2.05, 4.69) is 26.3 Å². The molecule has 1 aliphatic rings. The zero-order valence-corrected chi connectivity index (χ0v) is 20.6. The van der Waals surface area contributed by atoms with Crippen LogP contribution >= 0.6 is 0 Å². The molecule has 3 atom stereocenters. The van der Waals surface area contributed by atoms with Crippen LogP contribution in [0, 0.1) is 18.3 Å². The number of hydrogen-bond acceptors (Lipinski definition) is 6. The van der Waals surface area contributed by atoms with Crippen molar-refractivity contribution in [1.82, 2.24) is 26.3 Å². The van der Waals surface area contributed by atoms with E-state index in [1.807, 2.05) is 13.8 Å². The molecule has 4 N–H and O–H groups in total. The van der Waals surface area contributed by atoms with Crippen LogP contribution in [0.15, 0.2) is 4.42 Å². The van der Waals surface area contributed by atoms with E-state index in [9.17, 15) is 19.2 Å². The van der Waals surface area contributed by atoms with Crippen molar-refractivity contribution in [3.8, 4) is 0 Å². The van der Waals surface area contributed by atoms with Gasteiger partial charge in [0.25, 0.3) is 5.91 Å². The first-order valence-electron chi connectivity index (χ1n) is 11.5. The molecule has 10 heteroatoms. The Morgan fingerprint density at radius 3 is 2.39 bits per heavy atom. The Hall–Kier alpha value is -2.91. The average molecular weight is 464 g/mol. The molecule has 0 aliphatic carbocycles. The van der Waals surface area contributed by atoms with Crippen LogP contribution in [0.1, 0.15) is 89.0 Å². The summed E-state index contributed by atoms with van der Waals surface area (Å²) in [5.74, 6) is -1.02. The molecular formula is C23H37N5O5. The van der Waals surface area contributed by atoms with E-state index in [-0.39, 0.29) is 41.0 Å². The van der Waals surface area contributed by atoms with Gasteiger partial charge in [0.05, 0.1) is 0 Å². The molecule has 0 saturated carbocycles. The van der Waals surface area contributed by atoms with Crippen LogP contribution in [0.2, 0.25) is 0 Å². The molecule has 0 saturated heterocycles. The zero-order valence-electron chi connectivity index (χ0n) is 20.6. The van der Waals surface area contributed by atoms with Gasteiger partial charge in [-0.15, -0.1) is 0 Å². The van der Waals surface area contributed by atoms with Gasteiger partial charge in [0.15, 0.2) is 5.69 Å². The van der Waals surface area contributed by atoms with Gasteiger partial charge < -0.3 is 25.7 Å². The first kappa shape index (κ1) is 26.3. The van der Waals surface area contributed by atoms with Crippen molar-refractivity contribution < 1.29 is 23.6 Å². The lowest BCUT2D eigenvalue weighted by Gasteiger charge is -2.26. The van der Waals surface area contributed by atoms with Gasteiger partial charge >= 0.3 is 0 Å². The molecule has 0 unspecified atom stereocenters. The summed E-state index contributed by atoms with van der Waals surface area (Å²) in [5.41, 5.74) is -0.590. The van der Waals surface area contributed by atoms with E-state index in [1.54, 1.807) is 34.6 Å². The summed E-state index contributed by atoms with van der Waals surface area (Å²) in [6.07, 6.45) is 1.64. The minimum absolute atomic E-state index is 0.0641.